The van der Waals surface area contributed by atoms with Crippen LogP contribution in [0, 0.1) is 52.3 Å². The first-order chi connectivity index (χ1) is 16.8. The summed E-state index contributed by atoms with van der Waals surface area (Å²) >= 11 is 0. The first-order valence-electron chi connectivity index (χ1n) is 14.5. The Balaban J connectivity index is 1.62. The Morgan fingerprint density at radius 1 is 0.833 bits per heavy atom. The average Bonchev–Trinajstić information content (AvgIpc) is 3.02. The maximum atomic E-state index is 12.4. The third kappa shape index (κ3) is 4.11. The molecule has 4 rings (SSSR count). The van der Waals surface area contributed by atoms with Crippen molar-refractivity contribution < 1.29 is 35.7 Å². The van der Waals surface area contributed by atoms with E-state index in [0.29, 0.717) is 25.2 Å². The van der Waals surface area contributed by atoms with Gasteiger partial charge in [0, 0.05) is 24.9 Å². The summed E-state index contributed by atoms with van der Waals surface area (Å²) < 4.78 is 0. The standard InChI is InChI=1S/C29H52O7/c1-6-17(16(3)14-30)8-7-15(2)21-24(34)25(35)26-28(21,5)12-10-20-27(4)11-9-18(31)23(33)22(27)19(32)13-29(20,26)36/h15-26,30-36H,6-14H2,1-5H3/t15-,16-,17+,18+,19+,20-,21+,22?,23+,24-,25-,26-,27-,28-,29+/m1/s1. The molecule has 0 aromatic carbocycles. The lowest BCUT2D eigenvalue weighted by atomic mass is 9.41. The van der Waals surface area contributed by atoms with Crippen LogP contribution in [0.15, 0.2) is 0 Å². The topological polar surface area (TPSA) is 142 Å². The molecule has 210 valence electrons. The second-order valence-corrected chi connectivity index (χ2v) is 13.9. The van der Waals surface area contributed by atoms with E-state index in [1.807, 2.05) is 6.92 Å². The SMILES string of the molecule is CC[C@@H](CC[C@@H](C)[C@H]1[C@@H](O)[C@@H](O)[C@@H]2[C@]1(C)CC[C@H]1[C@@]2(O)C[C@H](O)C2[C@@H](O)[C@@H](O)CC[C@@]21C)[C@H](C)CO. The molecule has 7 heteroatoms. The predicted octanol–water partition coefficient (Wildman–Crippen LogP) is 2.08. The quantitative estimate of drug-likeness (QED) is 0.277. The Morgan fingerprint density at radius 3 is 2.08 bits per heavy atom. The monoisotopic (exact) mass is 512 g/mol. The summed E-state index contributed by atoms with van der Waals surface area (Å²) in [5, 5.41) is 77.3. The molecular formula is C29H52O7. The predicted molar refractivity (Wildman–Crippen MR) is 137 cm³/mol. The van der Waals surface area contributed by atoms with Crippen LogP contribution in [0.4, 0.5) is 0 Å². The minimum atomic E-state index is -1.36. The van der Waals surface area contributed by atoms with E-state index in [4.69, 9.17) is 0 Å². The van der Waals surface area contributed by atoms with Crippen molar-refractivity contribution in [3.05, 3.63) is 0 Å². The highest BCUT2D eigenvalue weighted by Gasteiger charge is 2.73. The molecule has 4 aliphatic rings. The molecule has 36 heavy (non-hydrogen) atoms. The van der Waals surface area contributed by atoms with E-state index in [-0.39, 0.29) is 36.7 Å². The second-order valence-electron chi connectivity index (χ2n) is 13.9. The normalized spacial score (nSPS) is 53.2. The molecule has 0 aromatic rings. The molecule has 4 fully saturated rings. The van der Waals surface area contributed by atoms with Crippen molar-refractivity contribution in [2.24, 2.45) is 52.3 Å². The van der Waals surface area contributed by atoms with Crippen LogP contribution in [0.2, 0.25) is 0 Å². The van der Waals surface area contributed by atoms with Gasteiger partial charge < -0.3 is 35.7 Å². The zero-order chi connectivity index (χ0) is 26.8. The van der Waals surface area contributed by atoms with Gasteiger partial charge in [0.2, 0.25) is 0 Å². The molecule has 0 amide bonds. The van der Waals surface area contributed by atoms with Gasteiger partial charge in [0.25, 0.3) is 0 Å². The van der Waals surface area contributed by atoms with Gasteiger partial charge in [0.15, 0.2) is 0 Å². The van der Waals surface area contributed by atoms with Gasteiger partial charge in [0.1, 0.15) is 0 Å². The first-order valence-corrected chi connectivity index (χ1v) is 14.5. The number of rotatable bonds is 7. The molecule has 15 atom stereocenters. The molecule has 0 bridgehead atoms. The maximum Gasteiger partial charge on any atom is 0.0863 e. The van der Waals surface area contributed by atoms with E-state index in [2.05, 4.69) is 27.7 Å². The molecule has 0 spiro atoms. The average molecular weight is 513 g/mol. The highest BCUT2D eigenvalue weighted by atomic mass is 16.3. The Bertz CT molecular complexity index is 779. The van der Waals surface area contributed by atoms with E-state index >= 15 is 0 Å². The van der Waals surface area contributed by atoms with Crippen LogP contribution < -0.4 is 0 Å². The third-order valence-electron chi connectivity index (χ3n) is 12.1. The lowest BCUT2D eigenvalue weighted by Gasteiger charge is -2.66. The molecule has 1 unspecified atom stereocenters. The van der Waals surface area contributed by atoms with Crippen LogP contribution in [-0.4, -0.2) is 78.5 Å². The van der Waals surface area contributed by atoms with Crippen LogP contribution in [0.25, 0.3) is 0 Å². The van der Waals surface area contributed by atoms with Crippen molar-refractivity contribution in [3.8, 4) is 0 Å². The number of hydrogen-bond acceptors (Lipinski definition) is 7. The van der Waals surface area contributed by atoms with Gasteiger partial charge in [0.05, 0.1) is 36.1 Å². The number of aliphatic hydroxyl groups is 7. The molecule has 0 heterocycles. The fraction of sp³-hybridized carbons (Fsp3) is 1.00. The Hall–Kier alpha value is -0.280. The Kier molecular flexibility index (Phi) is 8.01. The van der Waals surface area contributed by atoms with Crippen molar-refractivity contribution in [1.82, 2.24) is 0 Å². The molecule has 4 aliphatic carbocycles. The van der Waals surface area contributed by atoms with Gasteiger partial charge in [-0.2, -0.15) is 0 Å². The lowest BCUT2D eigenvalue weighted by molar-refractivity contribution is -0.280. The van der Waals surface area contributed by atoms with Crippen LogP contribution in [-0.2, 0) is 0 Å². The molecule has 4 saturated carbocycles. The van der Waals surface area contributed by atoms with Gasteiger partial charge in [-0.3, -0.25) is 0 Å². The molecule has 0 radical (unpaired) electrons. The van der Waals surface area contributed by atoms with Gasteiger partial charge in [-0.15, -0.1) is 0 Å². The molecule has 7 nitrogen and oxygen atoms in total. The smallest absolute Gasteiger partial charge is 0.0863 e. The summed E-state index contributed by atoms with van der Waals surface area (Å²) in [6.07, 6.45) is 0.418. The highest BCUT2D eigenvalue weighted by Crippen LogP contribution is 2.69. The van der Waals surface area contributed by atoms with E-state index in [1.165, 1.54) is 0 Å². The number of hydrogen-bond donors (Lipinski definition) is 7. The fourth-order valence-electron chi connectivity index (χ4n) is 10.3. The van der Waals surface area contributed by atoms with E-state index in [1.54, 1.807) is 0 Å². The van der Waals surface area contributed by atoms with Crippen LogP contribution >= 0.6 is 0 Å². The zero-order valence-electron chi connectivity index (χ0n) is 22.9. The largest absolute Gasteiger partial charge is 0.396 e. The van der Waals surface area contributed by atoms with Crippen molar-refractivity contribution in [1.29, 1.82) is 0 Å². The highest BCUT2D eigenvalue weighted by molar-refractivity contribution is 5.22. The van der Waals surface area contributed by atoms with E-state index in [0.717, 1.165) is 25.7 Å². The minimum absolute atomic E-state index is 0.0404. The summed E-state index contributed by atoms with van der Waals surface area (Å²) in [6, 6.07) is 0. The van der Waals surface area contributed by atoms with Gasteiger partial charge in [-0.05, 0) is 72.5 Å². The van der Waals surface area contributed by atoms with Crippen molar-refractivity contribution in [2.75, 3.05) is 6.61 Å². The molecule has 0 aromatic heterocycles. The molecule has 0 saturated heterocycles. The minimum Gasteiger partial charge on any atom is -0.396 e. The van der Waals surface area contributed by atoms with Crippen LogP contribution in [0.3, 0.4) is 0 Å². The first kappa shape index (κ1) is 28.7. The molecule has 0 aliphatic heterocycles. The van der Waals surface area contributed by atoms with Gasteiger partial charge >= 0.3 is 0 Å². The summed E-state index contributed by atoms with van der Waals surface area (Å²) in [5.74, 6) is -0.733. The van der Waals surface area contributed by atoms with Crippen LogP contribution in [0.5, 0.6) is 0 Å². The second kappa shape index (κ2) is 10.0. The summed E-state index contributed by atoms with van der Waals surface area (Å²) in [6.45, 7) is 10.7. The lowest BCUT2D eigenvalue weighted by Crippen LogP contribution is -2.71. The summed E-state index contributed by atoms with van der Waals surface area (Å²) in [7, 11) is 0. The van der Waals surface area contributed by atoms with Crippen molar-refractivity contribution in [3.63, 3.8) is 0 Å². The number of fused-ring (bicyclic) bond motifs is 5. The fourth-order valence-corrected chi connectivity index (χ4v) is 10.3. The third-order valence-corrected chi connectivity index (χ3v) is 12.1. The van der Waals surface area contributed by atoms with Gasteiger partial charge in [-0.1, -0.05) is 47.5 Å². The Labute approximate surface area is 216 Å². The maximum absolute atomic E-state index is 12.4. The van der Waals surface area contributed by atoms with Crippen LogP contribution in [0.1, 0.15) is 86.0 Å². The Morgan fingerprint density at radius 2 is 1.47 bits per heavy atom. The van der Waals surface area contributed by atoms with Crippen molar-refractivity contribution in [2.45, 2.75) is 122 Å². The zero-order valence-corrected chi connectivity index (χ0v) is 22.9. The molecule has 7 N–H and O–H groups in total. The summed E-state index contributed by atoms with van der Waals surface area (Å²) in [4.78, 5) is 0. The number of aliphatic hydroxyl groups excluding tert-OH is 6. The van der Waals surface area contributed by atoms with E-state index < -0.39 is 58.8 Å². The van der Waals surface area contributed by atoms with Gasteiger partial charge in [-0.25, -0.2) is 0 Å². The van der Waals surface area contributed by atoms with Crippen molar-refractivity contribution >= 4 is 0 Å². The molecular weight excluding hydrogens is 460 g/mol. The summed E-state index contributed by atoms with van der Waals surface area (Å²) in [5.41, 5.74) is -2.40. The van der Waals surface area contributed by atoms with E-state index in [9.17, 15) is 35.7 Å².